The maximum Gasteiger partial charge on any atom is 0.307 e. The van der Waals surface area contributed by atoms with Gasteiger partial charge in [0.1, 0.15) is 0 Å². The molecule has 2 rings (SSSR count). The molecular formula is C14H22N2O4. The summed E-state index contributed by atoms with van der Waals surface area (Å²) in [4.78, 5) is 38.5. The number of amides is 2. The Hall–Kier alpha value is -1.59. The topological polar surface area (TPSA) is 77.9 Å². The van der Waals surface area contributed by atoms with E-state index in [1.807, 2.05) is 0 Å². The van der Waals surface area contributed by atoms with Crippen LogP contribution < -0.4 is 0 Å². The second kappa shape index (κ2) is 5.07. The lowest BCUT2D eigenvalue weighted by atomic mass is 10.1. The third-order valence-electron chi connectivity index (χ3n) is 4.57. The number of carboxylic acids is 1. The average molecular weight is 282 g/mol. The zero-order valence-electron chi connectivity index (χ0n) is 12.3. The minimum Gasteiger partial charge on any atom is -0.481 e. The molecule has 1 saturated carbocycles. The number of nitrogens with zero attached hydrogens (tertiary/aromatic N) is 2. The lowest BCUT2D eigenvalue weighted by Crippen LogP contribution is -2.41. The minimum absolute atomic E-state index is 0.0394. The van der Waals surface area contributed by atoms with Gasteiger partial charge < -0.3 is 14.9 Å². The van der Waals surface area contributed by atoms with E-state index in [9.17, 15) is 14.4 Å². The molecule has 1 aliphatic carbocycles. The molecule has 6 heteroatoms. The first kappa shape index (κ1) is 14.8. The molecule has 2 aliphatic rings. The van der Waals surface area contributed by atoms with Crippen LogP contribution in [0.4, 0.5) is 0 Å². The standard InChI is InChI=1S/C14H22N2O4/c1-14(2)10(11(14)13(19)20)12(18)15(3)8-9(17)16-6-4-5-7-16/h10-11H,4-8H2,1-3H3,(H,19,20). The monoisotopic (exact) mass is 282 g/mol. The first-order chi connectivity index (χ1) is 9.26. The van der Waals surface area contributed by atoms with Gasteiger partial charge in [-0.15, -0.1) is 0 Å². The zero-order chi connectivity index (χ0) is 15.1. The SMILES string of the molecule is CN(CC(=O)N1CCCC1)C(=O)C1C(C(=O)O)C1(C)C. The van der Waals surface area contributed by atoms with E-state index in [0.717, 1.165) is 25.9 Å². The lowest BCUT2D eigenvalue weighted by Gasteiger charge is -2.21. The maximum atomic E-state index is 12.3. The van der Waals surface area contributed by atoms with Crippen LogP contribution in [-0.4, -0.2) is 59.4 Å². The Kier molecular flexibility index (Phi) is 3.75. The molecule has 20 heavy (non-hydrogen) atoms. The Morgan fingerprint density at radius 1 is 1.20 bits per heavy atom. The summed E-state index contributed by atoms with van der Waals surface area (Å²) in [7, 11) is 1.57. The van der Waals surface area contributed by atoms with E-state index in [-0.39, 0.29) is 18.4 Å². The van der Waals surface area contributed by atoms with E-state index in [1.165, 1.54) is 4.90 Å². The molecule has 112 valence electrons. The first-order valence-electron chi connectivity index (χ1n) is 7.02. The van der Waals surface area contributed by atoms with Crippen molar-refractivity contribution in [2.75, 3.05) is 26.7 Å². The second-order valence-corrected chi connectivity index (χ2v) is 6.40. The van der Waals surface area contributed by atoms with E-state index in [1.54, 1.807) is 25.8 Å². The molecule has 0 aromatic heterocycles. The van der Waals surface area contributed by atoms with Crippen LogP contribution in [0, 0.1) is 17.3 Å². The van der Waals surface area contributed by atoms with Crippen molar-refractivity contribution >= 4 is 17.8 Å². The van der Waals surface area contributed by atoms with Gasteiger partial charge in [-0.2, -0.15) is 0 Å². The predicted molar refractivity (Wildman–Crippen MR) is 71.8 cm³/mol. The van der Waals surface area contributed by atoms with Crippen molar-refractivity contribution in [3.63, 3.8) is 0 Å². The predicted octanol–water partition coefficient (Wildman–Crippen LogP) is 0.424. The largest absolute Gasteiger partial charge is 0.481 e. The van der Waals surface area contributed by atoms with Crippen LogP contribution in [-0.2, 0) is 14.4 Å². The third kappa shape index (κ3) is 2.51. The second-order valence-electron chi connectivity index (χ2n) is 6.40. The first-order valence-corrected chi connectivity index (χ1v) is 7.02. The van der Waals surface area contributed by atoms with Gasteiger partial charge in [-0.05, 0) is 18.3 Å². The van der Waals surface area contributed by atoms with Gasteiger partial charge in [0.25, 0.3) is 0 Å². The van der Waals surface area contributed by atoms with Gasteiger partial charge in [0.15, 0.2) is 0 Å². The fourth-order valence-electron chi connectivity index (χ4n) is 3.14. The van der Waals surface area contributed by atoms with E-state index < -0.39 is 23.2 Å². The van der Waals surface area contributed by atoms with Gasteiger partial charge in [-0.1, -0.05) is 13.8 Å². The molecule has 2 fully saturated rings. The molecule has 2 amide bonds. The molecule has 1 aliphatic heterocycles. The molecule has 2 unspecified atom stereocenters. The fourth-order valence-corrected chi connectivity index (χ4v) is 3.14. The summed E-state index contributed by atoms with van der Waals surface area (Å²) in [6.45, 7) is 5.12. The smallest absolute Gasteiger partial charge is 0.307 e. The van der Waals surface area contributed by atoms with Crippen LogP contribution in [0.25, 0.3) is 0 Å². The van der Waals surface area contributed by atoms with Crippen LogP contribution in [0.15, 0.2) is 0 Å². The number of likely N-dealkylation sites (tertiary alicyclic amines) is 1. The van der Waals surface area contributed by atoms with Crippen LogP contribution >= 0.6 is 0 Å². The van der Waals surface area contributed by atoms with Gasteiger partial charge in [-0.25, -0.2) is 0 Å². The third-order valence-corrected chi connectivity index (χ3v) is 4.57. The number of hydrogen-bond donors (Lipinski definition) is 1. The van der Waals surface area contributed by atoms with Crippen molar-refractivity contribution in [1.82, 2.24) is 9.80 Å². The molecule has 2 atom stereocenters. The van der Waals surface area contributed by atoms with Crippen molar-refractivity contribution < 1.29 is 19.5 Å². The quantitative estimate of drug-likeness (QED) is 0.811. The Morgan fingerprint density at radius 2 is 1.75 bits per heavy atom. The van der Waals surface area contributed by atoms with Gasteiger partial charge >= 0.3 is 5.97 Å². The number of carbonyl (C=O) groups excluding carboxylic acids is 2. The highest BCUT2D eigenvalue weighted by molar-refractivity contribution is 5.93. The van der Waals surface area contributed by atoms with Gasteiger partial charge in [0.05, 0.1) is 18.4 Å². The summed E-state index contributed by atoms with van der Waals surface area (Å²) in [6, 6.07) is 0. The normalized spacial score (nSPS) is 27.2. The summed E-state index contributed by atoms with van der Waals surface area (Å²) in [5.41, 5.74) is -0.520. The van der Waals surface area contributed by atoms with Crippen molar-refractivity contribution in [3.05, 3.63) is 0 Å². The lowest BCUT2D eigenvalue weighted by molar-refractivity contribution is -0.143. The van der Waals surface area contributed by atoms with Crippen molar-refractivity contribution in [3.8, 4) is 0 Å². The maximum absolute atomic E-state index is 12.3. The van der Waals surface area contributed by atoms with Gasteiger partial charge in [-0.3, -0.25) is 14.4 Å². The summed E-state index contributed by atoms with van der Waals surface area (Å²) in [5.74, 6) is -2.39. The Balaban J connectivity index is 1.93. The molecule has 0 aromatic carbocycles. The minimum atomic E-state index is -0.937. The summed E-state index contributed by atoms with van der Waals surface area (Å²) >= 11 is 0. The van der Waals surface area contributed by atoms with Crippen molar-refractivity contribution in [1.29, 1.82) is 0 Å². The Morgan fingerprint density at radius 3 is 2.20 bits per heavy atom. The molecule has 1 heterocycles. The van der Waals surface area contributed by atoms with E-state index >= 15 is 0 Å². The van der Waals surface area contributed by atoms with Crippen LogP contribution in [0.1, 0.15) is 26.7 Å². The number of hydrogen-bond acceptors (Lipinski definition) is 3. The number of aliphatic carboxylic acids is 1. The number of rotatable bonds is 4. The van der Waals surface area contributed by atoms with Gasteiger partial charge in [0.2, 0.25) is 11.8 Å². The summed E-state index contributed by atoms with van der Waals surface area (Å²) in [6.07, 6.45) is 2.03. The van der Waals surface area contributed by atoms with Gasteiger partial charge in [0, 0.05) is 20.1 Å². The molecule has 6 nitrogen and oxygen atoms in total. The fraction of sp³-hybridized carbons (Fsp3) is 0.786. The molecule has 0 bridgehead atoms. The van der Waals surface area contributed by atoms with E-state index in [2.05, 4.69) is 0 Å². The number of carbonyl (C=O) groups is 3. The molecular weight excluding hydrogens is 260 g/mol. The number of likely N-dealkylation sites (N-methyl/N-ethyl adjacent to an activating group) is 1. The number of carboxylic acid groups (broad SMARTS) is 1. The van der Waals surface area contributed by atoms with Crippen LogP contribution in [0.2, 0.25) is 0 Å². The Bertz CT molecular complexity index is 440. The highest BCUT2D eigenvalue weighted by Crippen LogP contribution is 2.58. The molecule has 1 saturated heterocycles. The van der Waals surface area contributed by atoms with Crippen molar-refractivity contribution in [2.24, 2.45) is 17.3 Å². The average Bonchev–Trinajstić information content (AvgIpc) is 2.77. The van der Waals surface area contributed by atoms with E-state index in [0.29, 0.717) is 0 Å². The highest BCUT2D eigenvalue weighted by Gasteiger charge is 2.66. The van der Waals surface area contributed by atoms with E-state index in [4.69, 9.17) is 5.11 Å². The summed E-state index contributed by atoms with van der Waals surface area (Å²) in [5, 5.41) is 9.10. The molecule has 0 radical (unpaired) electrons. The molecule has 0 spiro atoms. The highest BCUT2D eigenvalue weighted by atomic mass is 16.4. The summed E-state index contributed by atoms with van der Waals surface area (Å²) < 4.78 is 0. The Labute approximate surface area is 118 Å². The molecule has 1 N–H and O–H groups in total. The van der Waals surface area contributed by atoms with Crippen LogP contribution in [0.3, 0.4) is 0 Å². The van der Waals surface area contributed by atoms with Crippen LogP contribution in [0.5, 0.6) is 0 Å². The molecule has 0 aromatic rings. The van der Waals surface area contributed by atoms with Crippen molar-refractivity contribution in [2.45, 2.75) is 26.7 Å². The zero-order valence-corrected chi connectivity index (χ0v) is 12.3.